The molecule has 0 saturated heterocycles. The van der Waals surface area contributed by atoms with Crippen LogP contribution >= 0.6 is 20.2 Å². The van der Waals surface area contributed by atoms with Crippen LogP contribution < -0.4 is 9.47 Å². The molecule has 0 spiro atoms. The molecule has 30 heavy (non-hydrogen) atoms. The monoisotopic (exact) mass is 488 g/mol. The molecule has 1 heterocycles. The second kappa shape index (κ2) is 12.5. The van der Waals surface area contributed by atoms with Crippen molar-refractivity contribution in [3.05, 3.63) is 72.2 Å². The molecular formula is C22H22Cl2FeN2O3. The van der Waals surface area contributed by atoms with E-state index in [1.807, 2.05) is 74.5 Å². The first-order chi connectivity index (χ1) is 14.5. The summed E-state index contributed by atoms with van der Waals surface area (Å²) in [5, 5.41) is 0. The van der Waals surface area contributed by atoms with Crippen molar-refractivity contribution < 1.29 is 27.0 Å². The van der Waals surface area contributed by atoms with Crippen molar-refractivity contribution in [3.63, 3.8) is 0 Å². The first-order valence-corrected chi connectivity index (χ1v) is 11.9. The number of aliphatic imine (C=N–C) groups is 2. The standard InChI is InChI=1S/C22H22N2O3.2ClH.Fe/c1-15(23-17-5-9-19(25-3)10-6-17)21-13-14-22(27-21)16(2)24-18-7-11-20(26-4)12-8-18;;;/h5-14H,1-4H3;2*1H;/q;;;+2/p-2. The van der Waals surface area contributed by atoms with Crippen molar-refractivity contribution >= 4 is 43.0 Å². The summed E-state index contributed by atoms with van der Waals surface area (Å²) in [5.41, 5.74) is 3.28. The van der Waals surface area contributed by atoms with Crippen LogP contribution in [0.4, 0.5) is 11.4 Å². The normalized spacial score (nSPS) is 11.7. The zero-order valence-corrected chi connectivity index (χ0v) is 19.6. The molecule has 0 radical (unpaired) electrons. The maximum atomic E-state index is 5.93. The number of hydrogen-bond donors (Lipinski definition) is 0. The van der Waals surface area contributed by atoms with E-state index in [1.54, 1.807) is 14.2 Å². The van der Waals surface area contributed by atoms with E-state index in [0.29, 0.717) is 11.5 Å². The van der Waals surface area contributed by atoms with Gasteiger partial charge in [-0.3, -0.25) is 0 Å². The molecule has 0 saturated carbocycles. The predicted molar refractivity (Wildman–Crippen MR) is 120 cm³/mol. The first-order valence-electron chi connectivity index (χ1n) is 8.85. The van der Waals surface area contributed by atoms with Crippen molar-refractivity contribution in [2.24, 2.45) is 9.98 Å². The molecule has 3 rings (SSSR count). The van der Waals surface area contributed by atoms with Crippen LogP contribution in [0.25, 0.3) is 0 Å². The molecule has 8 heteroatoms. The van der Waals surface area contributed by atoms with Gasteiger partial charge in [0.1, 0.15) is 23.0 Å². The summed E-state index contributed by atoms with van der Waals surface area (Å²) < 4.78 is 16.3. The van der Waals surface area contributed by atoms with Gasteiger partial charge in [-0.05, 0) is 74.5 Å². The fourth-order valence-corrected chi connectivity index (χ4v) is 2.54. The zero-order valence-electron chi connectivity index (χ0n) is 17.0. The van der Waals surface area contributed by atoms with Gasteiger partial charge in [-0.15, -0.1) is 0 Å². The summed E-state index contributed by atoms with van der Waals surface area (Å²) in [6.07, 6.45) is 0. The van der Waals surface area contributed by atoms with Gasteiger partial charge in [-0.1, -0.05) is 0 Å². The van der Waals surface area contributed by atoms with Gasteiger partial charge in [0.25, 0.3) is 0 Å². The van der Waals surface area contributed by atoms with Gasteiger partial charge in [-0.25, -0.2) is 9.98 Å². The van der Waals surface area contributed by atoms with Crippen LogP contribution in [-0.4, -0.2) is 25.6 Å². The van der Waals surface area contributed by atoms with Crippen LogP contribution in [0.2, 0.25) is 0 Å². The van der Waals surface area contributed by atoms with Gasteiger partial charge in [0.15, 0.2) is 0 Å². The van der Waals surface area contributed by atoms with Gasteiger partial charge in [0.2, 0.25) is 0 Å². The van der Waals surface area contributed by atoms with E-state index >= 15 is 0 Å². The molecule has 0 N–H and O–H groups in total. The van der Waals surface area contributed by atoms with E-state index in [-0.39, 0.29) is 13.1 Å². The third-order valence-electron chi connectivity index (χ3n) is 4.06. The Morgan fingerprint density at radius 3 is 1.33 bits per heavy atom. The van der Waals surface area contributed by atoms with Crippen molar-refractivity contribution in [1.29, 1.82) is 0 Å². The third-order valence-corrected chi connectivity index (χ3v) is 4.06. The zero-order chi connectivity index (χ0) is 21.9. The fourth-order valence-electron chi connectivity index (χ4n) is 2.54. The number of nitrogens with zero attached hydrogens (tertiary/aromatic N) is 2. The summed E-state index contributed by atoms with van der Waals surface area (Å²) in [6, 6.07) is 19.0. The minimum atomic E-state index is 0.194. The van der Waals surface area contributed by atoms with Crippen molar-refractivity contribution in [3.8, 4) is 11.5 Å². The van der Waals surface area contributed by atoms with Crippen LogP contribution in [0.3, 0.4) is 0 Å². The molecule has 5 nitrogen and oxygen atoms in total. The average Bonchev–Trinajstić information content (AvgIpc) is 3.26. The average molecular weight is 489 g/mol. The Labute approximate surface area is 191 Å². The number of methoxy groups -OCH3 is 2. The molecule has 0 bridgehead atoms. The van der Waals surface area contributed by atoms with Gasteiger partial charge in [0.05, 0.1) is 37.0 Å². The van der Waals surface area contributed by atoms with Crippen molar-refractivity contribution in [2.75, 3.05) is 14.2 Å². The van der Waals surface area contributed by atoms with E-state index in [2.05, 4.69) is 9.98 Å². The minimum absolute atomic E-state index is 0.194. The topological polar surface area (TPSA) is 56.3 Å². The SMILES string of the molecule is COc1ccc(N=C(C)c2ccc(C(C)=Nc3ccc(OC)cc3)o2)cc1.[Cl][Fe][Cl]. The molecule has 160 valence electrons. The number of hydrogen-bond acceptors (Lipinski definition) is 5. The number of halogens is 2. The van der Waals surface area contributed by atoms with Gasteiger partial charge >= 0.3 is 33.3 Å². The van der Waals surface area contributed by atoms with Gasteiger partial charge in [-0.2, -0.15) is 0 Å². The summed E-state index contributed by atoms with van der Waals surface area (Å²) in [5.74, 6) is 3.03. The number of ether oxygens (including phenoxy) is 2. The van der Waals surface area contributed by atoms with E-state index < -0.39 is 0 Å². The Morgan fingerprint density at radius 1 is 0.700 bits per heavy atom. The van der Waals surface area contributed by atoms with Crippen LogP contribution in [0, 0.1) is 0 Å². The summed E-state index contributed by atoms with van der Waals surface area (Å²) in [6.45, 7) is 3.84. The Morgan fingerprint density at radius 2 is 1.03 bits per heavy atom. The summed E-state index contributed by atoms with van der Waals surface area (Å²) >= 11 is 0.194. The molecule has 0 atom stereocenters. The Bertz CT molecular complexity index is 906. The van der Waals surface area contributed by atoms with Crippen LogP contribution in [0.1, 0.15) is 25.4 Å². The van der Waals surface area contributed by atoms with E-state index in [4.69, 9.17) is 34.1 Å². The second-order valence-electron chi connectivity index (χ2n) is 6.00. The molecule has 0 aliphatic rings. The van der Waals surface area contributed by atoms with E-state index in [1.165, 1.54) is 0 Å². The molecule has 0 unspecified atom stereocenters. The molecular weight excluding hydrogens is 467 g/mol. The fraction of sp³-hybridized carbons (Fsp3) is 0.182. The summed E-state index contributed by atoms with van der Waals surface area (Å²) in [7, 11) is 12.8. The molecule has 0 aliphatic carbocycles. The predicted octanol–water partition coefficient (Wildman–Crippen LogP) is 6.95. The quantitative estimate of drug-likeness (QED) is 0.278. The Kier molecular flexibility index (Phi) is 9.98. The molecule has 1 aromatic heterocycles. The first kappa shape index (κ1) is 24.0. The van der Waals surface area contributed by atoms with Crippen molar-refractivity contribution in [1.82, 2.24) is 0 Å². The Hall–Kier alpha value is -2.24. The third kappa shape index (κ3) is 7.22. The van der Waals surface area contributed by atoms with Crippen LogP contribution in [0.15, 0.2) is 75.1 Å². The molecule has 0 aliphatic heterocycles. The molecule has 2 aromatic carbocycles. The van der Waals surface area contributed by atoms with Gasteiger partial charge in [0, 0.05) is 0 Å². The van der Waals surface area contributed by atoms with Crippen LogP contribution in [0.5, 0.6) is 11.5 Å². The number of furan rings is 1. The van der Waals surface area contributed by atoms with Crippen LogP contribution in [-0.2, 0) is 13.1 Å². The number of benzene rings is 2. The summed E-state index contributed by atoms with van der Waals surface area (Å²) in [4.78, 5) is 9.19. The number of rotatable bonds is 6. The second-order valence-corrected chi connectivity index (χ2v) is 7.83. The molecule has 0 fully saturated rings. The van der Waals surface area contributed by atoms with Gasteiger partial charge < -0.3 is 13.9 Å². The van der Waals surface area contributed by atoms with E-state index in [9.17, 15) is 0 Å². The van der Waals surface area contributed by atoms with E-state index in [0.717, 1.165) is 34.3 Å². The molecule has 0 amide bonds. The van der Waals surface area contributed by atoms with Crippen molar-refractivity contribution in [2.45, 2.75) is 13.8 Å². The maximum absolute atomic E-state index is 5.93. The molecule has 3 aromatic rings. The Balaban J connectivity index is 0.00000101.